The molecule has 3 amide bonds. The van der Waals surface area contributed by atoms with Crippen LogP contribution in [0.3, 0.4) is 0 Å². The van der Waals surface area contributed by atoms with Gasteiger partial charge in [-0.2, -0.15) is 0 Å². The van der Waals surface area contributed by atoms with Crippen molar-refractivity contribution in [3.63, 3.8) is 0 Å². The van der Waals surface area contributed by atoms with Gasteiger partial charge < -0.3 is 24.3 Å². The third-order valence-corrected chi connectivity index (χ3v) is 12.7. The van der Waals surface area contributed by atoms with Crippen LogP contribution in [0.25, 0.3) is 0 Å². The summed E-state index contributed by atoms with van der Waals surface area (Å²) in [6.45, 7) is 19.8. The van der Waals surface area contributed by atoms with Gasteiger partial charge >= 0.3 is 0 Å². The first kappa shape index (κ1) is 36.6. The Balaban J connectivity index is 1.32. The molecule has 1 aliphatic carbocycles. The fraction of sp³-hybridized carbons (Fsp3) is 0.769. The molecule has 0 N–H and O–H groups in total. The lowest BCUT2D eigenvalue weighted by molar-refractivity contribution is -0.148. The minimum absolute atomic E-state index is 0.0166. The Kier molecular flexibility index (Phi) is 11.1. The lowest BCUT2D eigenvalue weighted by atomic mass is 9.75. The molecular formula is C39H60ClN5O4. The number of nitrogens with zero attached hydrogens (tertiary/aromatic N) is 5. The van der Waals surface area contributed by atoms with E-state index in [0.717, 1.165) is 70.3 Å². The number of ether oxygens (including phenoxy) is 1. The summed E-state index contributed by atoms with van der Waals surface area (Å²) >= 11 is 6.29. The molecule has 4 saturated heterocycles. The van der Waals surface area contributed by atoms with Crippen LogP contribution in [0.4, 0.5) is 0 Å². The van der Waals surface area contributed by atoms with Gasteiger partial charge in [-0.05, 0) is 95.4 Å². The van der Waals surface area contributed by atoms with E-state index in [1.807, 2.05) is 21.9 Å². The van der Waals surface area contributed by atoms with E-state index in [-0.39, 0.29) is 52.6 Å². The Hall–Kier alpha value is -2.20. The molecule has 1 aromatic carbocycles. The molecule has 6 rings (SSSR count). The number of likely N-dealkylation sites (N-methyl/N-ethyl adjacent to an activating group) is 1. The number of hydrogen-bond acceptors (Lipinski definition) is 6. The van der Waals surface area contributed by atoms with Crippen LogP contribution in [0, 0.1) is 11.3 Å². The zero-order valence-corrected chi connectivity index (χ0v) is 31.6. The second kappa shape index (κ2) is 14.8. The number of halogens is 1. The van der Waals surface area contributed by atoms with E-state index < -0.39 is 12.1 Å². The van der Waals surface area contributed by atoms with Crippen molar-refractivity contribution in [1.29, 1.82) is 0 Å². The lowest BCUT2D eigenvalue weighted by Crippen LogP contribution is -2.55. The fourth-order valence-corrected chi connectivity index (χ4v) is 9.24. The molecule has 1 unspecified atom stereocenters. The number of likely N-dealkylation sites (tertiary alicyclic amines) is 2. The van der Waals surface area contributed by atoms with Crippen LogP contribution in [0.2, 0.25) is 5.02 Å². The number of piperazine rings is 1. The van der Waals surface area contributed by atoms with Crippen LogP contribution >= 0.6 is 11.6 Å². The van der Waals surface area contributed by atoms with Gasteiger partial charge in [-0.15, -0.1) is 0 Å². The summed E-state index contributed by atoms with van der Waals surface area (Å²) in [6, 6.07) is 7.22. The van der Waals surface area contributed by atoms with E-state index in [0.29, 0.717) is 44.2 Å². The maximum Gasteiger partial charge on any atom is 0.252 e. The lowest BCUT2D eigenvalue weighted by Gasteiger charge is -2.43. The van der Waals surface area contributed by atoms with E-state index in [2.05, 4.69) is 68.4 Å². The molecular weight excluding hydrogens is 638 g/mol. The van der Waals surface area contributed by atoms with E-state index in [1.165, 1.54) is 0 Å². The maximum absolute atomic E-state index is 15.1. The molecule has 272 valence electrons. The van der Waals surface area contributed by atoms with Crippen molar-refractivity contribution in [2.75, 3.05) is 59.0 Å². The maximum atomic E-state index is 15.1. The first-order valence-corrected chi connectivity index (χ1v) is 19.4. The second-order valence-corrected chi connectivity index (χ2v) is 17.6. The smallest absolute Gasteiger partial charge is 0.252 e. The third-order valence-electron chi connectivity index (χ3n) is 12.4. The second-order valence-electron chi connectivity index (χ2n) is 17.1. The number of carbonyl (C=O) groups excluding carboxylic acids is 3. The highest BCUT2D eigenvalue weighted by Crippen LogP contribution is 2.42. The van der Waals surface area contributed by atoms with Gasteiger partial charge in [0.25, 0.3) is 5.91 Å². The highest BCUT2D eigenvalue weighted by Gasteiger charge is 2.51. The molecule has 10 heteroatoms. The Morgan fingerprint density at radius 3 is 2.18 bits per heavy atom. The van der Waals surface area contributed by atoms with Crippen LogP contribution < -0.4 is 0 Å². The molecule has 5 aliphatic rings. The topological polar surface area (TPSA) is 76.6 Å². The molecule has 0 aromatic heterocycles. The number of amides is 3. The Morgan fingerprint density at radius 1 is 0.918 bits per heavy atom. The number of rotatable bonds is 7. The summed E-state index contributed by atoms with van der Waals surface area (Å²) < 4.78 is 5.98. The van der Waals surface area contributed by atoms with Gasteiger partial charge in [0.2, 0.25) is 11.8 Å². The largest absolute Gasteiger partial charge is 0.368 e. The monoisotopic (exact) mass is 697 g/mol. The van der Waals surface area contributed by atoms with Gasteiger partial charge in [0.05, 0.1) is 12.0 Å². The summed E-state index contributed by atoms with van der Waals surface area (Å²) in [6.07, 6.45) is 5.67. The minimum atomic E-state index is -0.583. The zero-order valence-electron chi connectivity index (χ0n) is 30.8. The van der Waals surface area contributed by atoms with Crippen molar-refractivity contribution >= 4 is 29.3 Å². The van der Waals surface area contributed by atoms with E-state index in [1.54, 1.807) is 0 Å². The molecule has 0 radical (unpaired) electrons. The summed E-state index contributed by atoms with van der Waals surface area (Å²) in [5.74, 6) is -0.187. The van der Waals surface area contributed by atoms with Crippen LogP contribution in [0.15, 0.2) is 24.3 Å². The van der Waals surface area contributed by atoms with Gasteiger partial charge in [0, 0.05) is 74.9 Å². The van der Waals surface area contributed by atoms with Crippen molar-refractivity contribution in [3.05, 3.63) is 34.9 Å². The van der Waals surface area contributed by atoms with Crippen LogP contribution in [0.5, 0.6) is 0 Å². The fourth-order valence-electron chi connectivity index (χ4n) is 9.11. The van der Waals surface area contributed by atoms with Gasteiger partial charge in [0.1, 0.15) is 12.1 Å². The van der Waals surface area contributed by atoms with Crippen molar-refractivity contribution < 1.29 is 19.1 Å². The summed E-state index contributed by atoms with van der Waals surface area (Å²) in [4.78, 5) is 54.8. The Labute approximate surface area is 299 Å². The van der Waals surface area contributed by atoms with Gasteiger partial charge in [-0.3, -0.25) is 19.3 Å². The van der Waals surface area contributed by atoms with E-state index in [9.17, 15) is 9.59 Å². The van der Waals surface area contributed by atoms with Crippen LogP contribution in [-0.2, 0) is 19.1 Å². The van der Waals surface area contributed by atoms with Crippen LogP contribution in [0.1, 0.15) is 98.0 Å². The molecule has 4 aliphatic heterocycles. The predicted octanol–water partition coefficient (Wildman–Crippen LogP) is 5.26. The van der Waals surface area contributed by atoms with Gasteiger partial charge in [0.15, 0.2) is 0 Å². The Morgan fingerprint density at radius 2 is 1.59 bits per heavy atom. The summed E-state index contributed by atoms with van der Waals surface area (Å²) in [5, 5.41) is 0.676. The number of hydrogen-bond donors (Lipinski definition) is 0. The van der Waals surface area contributed by atoms with E-state index in [4.69, 9.17) is 16.3 Å². The quantitative estimate of drug-likeness (QED) is 0.387. The molecule has 1 saturated carbocycles. The molecule has 5 atom stereocenters. The highest BCUT2D eigenvalue weighted by molar-refractivity contribution is 6.30. The third kappa shape index (κ3) is 8.00. The first-order chi connectivity index (χ1) is 23.3. The normalized spacial score (nSPS) is 30.2. The van der Waals surface area contributed by atoms with Gasteiger partial charge in [-0.25, -0.2) is 0 Å². The highest BCUT2D eigenvalue weighted by atomic mass is 35.5. The SMILES string of the molecule is CCN1CCN(C(=O)[C@@H]2C[C@H](N(C(=O)C3CCCO3)C3CCC(C)(C)CC3)CN2C(=O)[C@@H]2CN(C(C)(C)C)C[C@H]2c2ccc(Cl)cc2)CC1. The predicted molar refractivity (Wildman–Crippen MR) is 193 cm³/mol. The summed E-state index contributed by atoms with van der Waals surface area (Å²) in [5.41, 5.74) is 1.24. The average molecular weight is 698 g/mol. The minimum Gasteiger partial charge on any atom is -0.368 e. The Bertz CT molecular complexity index is 1320. The molecule has 9 nitrogen and oxygen atoms in total. The zero-order chi connectivity index (χ0) is 35.1. The van der Waals surface area contributed by atoms with Crippen molar-refractivity contribution in [2.45, 2.75) is 122 Å². The summed E-state index contributed by atoms with van der Waals surface area (Å²) in [7, 11) is 0. The number of benzene rings is 1. The van der Waals surface area contributed by atoms with Gasteiger partial charge in [-0.1, -0.05) is 44.5 Å². The molecule has 4 heterocycles. The number of carbonyl (C=O) groups is 3. The standard InChI is InChI=1S/C39H60ClN5O4/c1-7-41-18-20-42(21-19-41)36(47)33-23-30(45(37(48)34-9-8-22-49-34)29-14-16-39(5,6)17-15-29)24-44(33)35(46)32-26-43(38(2,3)4)25-31(32)27-10-12-28(40)13-11-27/h10-13,29-34H,7-9,14-26H2,1-6H3/t30-,31-,32+,33-,34?/m0/s1. The molecule has 5 fully saturated rings. The first-order valence-electron chi connectivity index (χ1n) is 19.0. The van der Waals surface area contributed by atoms with Crippen molar-refractivity contribution in [1.82, 2.24) is 24.5 Å². The molecule has 1 aromatic rings. The molecule has 49 heavy (non-hydrogen) atoms. The molecule has 0 spiro atoms. The van der Waals surface area contributed by atoms with Crippen molar-refractivity contribution in [2.24, 2.45) is 11.3 Å². The molecule has 0 bridgehead atoms. The average Bonchev–Trinajstić information content (AvgIpc) is 3.86. The van der Waals surface area contributed by atoms with Crippen LogP contribution in [-0.4, -0.2) is 131 Å². The van der Waals surface area contributed by atoms with Crippen molar-refractivity contribution in [3.8, 4) is 0 Å². The van der Waals surface area contributed by atoms with E-state index >= 15 is 4.79 Å².